The zero-order valence-electron chi connectivity index (χ0n) is 57.8. The minimum Gasteiger partial charge on any atom is -0.466 e. The Morgan fingerprint density at radius 2 is 0.581 bits per heavy atom. The van der Waals surface area contributed by atoms with Gasteiger partial charge in [-0.2, -0.15) is 0 Å². The van der Waals surface area contributed by atoms with Gasteiger partial charge in [-0.25, -0.2) is 0 Å². The SMILES string of the molecule is CCCCC/C=C\C/C=C\CCCCCCCCCCCC(=O)OCCCCCCCCCCC/C=C\C/C=C\CCCCCCCCCCCCCCCCCCCC(=O)NC(CO)C(O)/C=C/CCCCCCCCCCCCCCCCC. The predicted molar refractivity (Wildman–Crippen MR) is 379 cm³/mol. The van der Waals surface area contributed by atoms with Crippen LogP contribution in [0.5, 0.6) is 0 Å². The Labute approximate surface area is 537 Å². The van der Waals surface area contributed by atoms with Gasteiger partial charge >= 0.3 is 5.97 Å². The van der Waals surface area contributed by atoms with E-state index in [1.165, 1.54) is 327 Å². The molecule has 0 heterocycles. The number of aliphatic hydroxyl groups excluding tert-OH is 2. The van der Waals surface area contributed by atoms with Crippen molar-refractivity contribution < 1.29 is 24.5 Å². The number of carbonyl (C=O) groups is 2. The van der Waals surface area contributed by atoms with E-state index in [9.17, 15) is 19.8 Å². The van der Waals surface area contributed by atoms with Crippen LogP contribution in [-0.4, -0.2) is 47.4 Å². The molecule has 0 spiro atoms. The minimum absolute atomic E-state index is 0.0103. The summed E-state index contributed by atoms with van der Waals surface area (Å²) >= 11 is 0. The predicted octanol–water partition coefficient (Wildman–Crippen LogP) is 25.4. The molecule has 6 heteroatoms. The molecule has 0 saturated carbocycles. The van der Waals surface area contributed by atoms with Crippen LogP contribution in [0.1, 0.15) is 412 Å². The van der Waals surface area contributed by atoms with Crippen LogP contribution in [0, 0.1) is 0 Å². The van der Waals surface area contributed by atoms with Crippen LogP contribution < -0.4 is 5.32 Å². The molecule has 86 heavy (non-hydrogen) atoms. The molecule has 2 atom stereocenters. The van der Waals surface area contributed by atoms with Gasteiger partial charge in [0.1, 0.15) is 0 Å². The highest BCUT2D eigenvalue weighted by atomic mass is 16.5. The smallest absolute Gasteiger partial charge is 0.305 e. The third-order valence-electron chi connectivity index (χ3n) is 17.8. The molecule has 3 N–H and O–H groups in total. The van der Waals surface area contributed by atoms with Crippen molar-refractivity contribution in [3.63, 3.8) is 0 Å². The summed E-state index contributed by atoms with van der Waals surface area (Å²) in [4.78, 5) is 24.6. The van der Waals surface area contributed by atoms with Gasteiger partial charge in [-0.15, -0.1) is 0 Å². The molecule has 0 aliphatic rings. The Morgan fingerprint density at radius 1 is 0.326 bits per heavy atom. The van der Waals surface area contributed by atoms with E-state index in [-0.39, 0.29) is 18.5 Å². The Hall–Kier alpha value is -2.44. The maximum absolute atomic E-state index is 12.5. The molecule has 0 rings (SSSR count). The molecule has 0 fully saturated rings. The van der Waals surface area contributed by atoms with Gasteiger partial charge in [-0.05, 0) is 96.3 Å². The number of nitrogens with one attached hydrogen (secondary N) is 1. The number of ether oxygens (including phenoxy) is 1. The standard InChI is InChI=1S/C80H149NO5/c1-3-5-7-9-11-13-15-17-19-21-37-42-46-50-54-58-62-66-70-74-80(85)86-75-71-67-63-59-55-51-47-43-39-36-34-32-30-28-26-24-22-23-25-27-29-31-33-35-38-41-45-49-53-57-61-65-69-73-79(84)81-77(76-82)78(83)72-68-64-60-56-52-48-44-40-20-18-16-14-12-10-8-6-4-2/h11,13,17,19,26,28,32,34,68,72,77-78,82-83H,3-10,12,14-16,18,20-25,27,29-31,33,35-67,69-71,73-76H2,1-2H3,(H,81,84)/b13-11-,19-17-,28-26-,34-32-,72-68+. The van der Waals surface area contributed by atoms with Crippen LogP contribution in [0.3, 0.4) is 0 Å². The zero-order valence-corrected chi connectivity index (χ0v) is 57.8. The van der Waals surface area contributed by atoms with Crippen molar-refractivity contribution in [1.29, 1.82) is 0 Å². The molecule has 0 radical (unpaired) electrons. The summed E-state index contributed by atoms with van der Waals surface area (Å²) in [5.74, 6) is -0.0532. The fourth-order valence-electron chi connectivity index (χ4n) is 11.9. The van der Waals surface area contributed by atoms with Crippen molar-refractivity contribution in [2.75, 3.05) is 13.2 Å². The third kappa shape index (κ3) is 70.6. The van der Waals surface area contributed by atoms with Crippen molar-refractivity contribution >= 4 is 11.9 Å². The van der Waals surface area contributed by atoms with Gasteiger partial charge < -0.3 is 20.3 Å². The van der Waals surface area contributed by atoms with Crippen molar-refractivity contribution in [3.05, 3.63) is 60.8 Å². The number of aliphatic hydroxyl groups is 2. The van der Waals surface area contributed by atoms with E-state index in [0.717, 1.165) is 57.8 Å². The first-order valence-electron chi connectivity index (χ1n) is 38.6. The van der Waals surface area contributed by atoms with Crippen LogP contribution in [0.4, 0.5) is 0 Å². The van der Waals surface area contributed by atoms with E-state index in [0.29, 0.717) is 19.4 Å². The average molecular weight is 1210 g/mol. The van der Waals surface area contributed by atoms with Crippen LogP contribution in [0.2, 0.25) is 0 Å². The van der Waals surface area contributed by atoms with Gasteiger partial charge in [0.15, 0.2) is 0 Å². The van der Waals surface area contributed by atoms with Crippen LogP contribution in [-0.2, 0) is 14.3 Å². The number of hydrogen-bond donors (Lipinski definition) is 3. The summed E-state index contributed by atoms with van der Waals surface area (Å²) < 4.78 is 5.51. The normalized spacial score (nSPS) is 12.8. The topological polar surface area (TPSA) is 95.9 Å². The van der Waals surface area contributed by atoms with E-state index in [4.69, 9.17) is 4.74 Å². The van der Waals surface area contributed by atoms with Gasteiger partial charge in [-0.1, -0.05) is 364 Å². The van der Waals surface area contributed by atoms with E-state index in [1.54, 1.807) is 6.08 Å². The summed E-state index contributed by atoms with van der Waals surface area (Å²) in [7, 11) is 0. The van der Waals surface area contributed by atoms with E-state index >= 15 is 0 Å². The van der Waals surface area contributed by atoms with E-state index in [2.05, 4.69) is 67.8 Å². The molecule has 6 nitrogen and oxygen atoms in total. The lowest BCUT2D eigenvalue weighted by atomic mass is 10.0. The zero-order chi connectivity index (χ0) is 62.0. The number of esters is 1. The maximum atomic E-state index is 12.5. The molecule has 0 saturated heterocycles. The lowest BCUT2D eigenvalue weighted by Crippen LogP contribution is -2.45. The van der Waals surface area contributed by atoms with Crippen LogP contribution >= 0.6 is 0 Å². The number of rotatable bonds is 72. The number of carbonyl (C=O) groups excluding carboxylic acids is 2. The number of amides is 1. The summed E-state index contributed by atoms with van der Waals surface area (Å²) in [6, 6.07) is -0.628. The molecule has 0 aliphatic heterocycles. The molecular weight excluding hydrogens is 1050 g/mol. The largest absolute Gasteiger partial charge is 0.466 e. The molecule has 0 aromatic heterocycles. The Bertz CT molecular complexity index is 1480. The summed E-state index contributed by atoms with van der Waals surface area (Å²) in [5, 5.41) is 23.2. The maximum Gasteiger partial charge on any atom is 0.305 e. The Morgan fingerprint density at radius 3 is 0.907 bits per heavy atom. The molecule has 0 aromatic rings. The lowest BCUT2D eigenvalue weighted by Gasteiger charge is -2.20. The van der Waals surface area contributed by atoms with Gasteiger partial charge in [0.05, 0.1) is 25.4 Å². The second kappa shape index (κ2) is 75.0. The monoisotopic (exact) mass is 1200 g/mol. The fourth-order valence-corrected chi connectivity index (χ4v) is 11.9. The minimum atomic E-state index is -0.844. The first-order valence-corrected chi connectivity index (χ1v) is 38.6. The quantitative estimate of drug-likeness (QED) is 0.0320. The fraction of sp³-hybridized carbons (Fsp3) is 0.850. The van der Waals surface area contributed by atoms with Crippen molar-refractivity contribution in [2.45, 2.75) is 424 Å². The summed E-state index contributed by atoms with van der Waals surface area (Å²) in [5.41, 5.74) is 0. The second-order valence-corrected chi connectivity index (χ2v) is 26.3. The van der Waals surface area contributed by atoms with Crippen LogP contribution in [0.25, 0.3) is 0 Å². The summed E-state index contributed by atoms with van der Waals surface area (Å²) in [6.45, 7) is 4.91. The highest BCUT2D eigenvalue weighted by Gasteiger charge is 2.18. The van der Waals surface area contributed by atoms with E-state index in [1.807, 2.05) is 6.08 Å². The first kappa shape index (κ1) is 83.6. The molecule has 2 unspecified atom stereocenters. The van der Waals surface area contributed by atoms with Gasteiger partial charge in [0, 0.05) is 12.8 Å². The molecular formula is C80H149NO5. The molecule has 504 valence electrons. The highest BCUT2D eigenvalue weighted by molar-refractivity contribution is 5.76. The van der Waals surface area contributed by atoms with Crippen molar-refractivity contribution in [3.8, 4) is 0 Å². The lowest BCUT2D eigenvalue weighted by molar-refractivity contribution is -0.143. The molecule has 0 aliphatic carbocycles. The Balaban J connectivity index is 3.39. The van der Waals surface area contributed by atoms with Crippen molar-refractivity contribution in [1.82, 2.24) is 5.32 Å². The van der Waals surface area contributed by atoms with Gasteiger partial charge in [-0.3, -0.25) is 9.59 Å². The average Bonchev–Trinajstić information content (AvgIpc) is 3.59. The number of unbranched alkanes of at least 4 members (excludes halogenated alkanes) is 53. The first-order chi connectivity index (χ1) is 42.5. The van der Waals surface area contributed by atoms with E-state index < -0.39 is 12.1 Å². The van der Waals surface area contributed by atoms with Gasteiger partial charge in [0.2, 0.25) is 5.91 Å². The van der Waals surface area contributed by atoms with Gasteiger partial charge in [0.25, 0.3) is 0 Å². The third-order valence-corrected chi connectivity index (χ3v) is 17.8. The molecule has 0 bridgehead atoms. The van der Waals surface area contributed by atoms with Crippen LogP contribution in [0.15, 0.2) is 60.8 Å². The molecule has 1 amide bonds. The summed E-state index contributed by atoms with van der Waals surface area (Å²) in [6.07, 6.45) is 100. The van der Waals surface area contributed by atoms with Crippen molar-refractivity contribution in [2.24, 2.45) is 0 Å². The number of hydrogen-bond acceptors (Lipinski definition) is 5. The highest BCUT2D eigenvalue weighted by Crippen LogP contribution is 2.19. The molecule has 0 aromatic carbocycles. The second-order valence-electron chi connectivity index (χ2n) is 26.3. The number of allylic oxidation sites excluding steroid dienone is 9. The Kier molecular flexibility index (Phi) is 72.9.